The van der Waals surface area contributed by atoms with E-state index in [4.69, 9.17) is 23.7 Å². The molecule has 12 nitrogen and oxygen atoms in total. The molecular formula is C33H30BrN3O9S. The quantitative estimate of drug-likeness (QED) is 0.111. The fraction of sp³-hybridized carbons (Fsp3) is 0.242. The van der Waals surface area contributed by atoms with Crippen molar-refractivity contribution >= 4 is 45.0 Å². The molecule has 0 saturated carbocycles. The second kappa shape index (κ2) is 14.6. The predicted molar refractivity (Wildman–Crippen MR) is 178 cm³/mol. The molecule has 14 heteroatoms. The number of nitrogens with zero attached hydrogens (tertiary/aromatic N) is 3. The molecule has 0 aliphatic carbocycles. The lowest BCUT2D eigenvalue weighted by molar-refractivity contribution is -0.384. The van der Waals surface area contributed by atoms with E-state index in [-0.39, 0.29) is 23.4 Å². The molecule has 3 aromatic carbocycles. The van der Waals surface area contributed by atoms with Gasteiger partial charge in [0, 0.05) is 18.3 Å². The van der Waals surface area contributed by atoms with Crippen molar-refractivity contribution < 1.29 is 33.4 Å². The smallest absolute Gasteiger partial charge is 0.337 e. The number of halogens is 1. The highest BCUT2D eigenvalue weighted by Gasteiger charge is 2.31. The third-order valence-corrected chi connectivity index (χ3v) is 8.65. The molecule has 5 rings (SSSR count). The minimum atomic E-state index is -0.832. The predicted octanol–water partition coefficient (Wildman–Crippen LogP) is 5.07. The number of carbonyl (C=O) groups excluding carboxylic acids is 1. The van der Waals surface area contributed by atoms with Gasteiger partial charge in [0.05, 0.1) is 53.0 Å². The molecule has 1 aromatic heterocycles. The molecule has 0 fully saturated rings. The second-order valence-electron chi connectivity index (χ2n) is 10.00. The summed E-state index contributed by atoms with van der Waals surface area (Å²) in [7, 11) is 2.76. The van der Waals surface area contributed by atoms with Crippen LogP contribution in [-0.2, 0) is 16.1 Å². The molecule has 244 valence electrons. The lowest BCUT2D eigenvalue weighted by Crippen LogP contribution is -2.39. The van der Waals surface area contributed by atoms with Crippen LogP contribution in [0.3, 0.4) is 0 Å². The monoisotopic (exact) mass is 723 g/mol. The number of non-ortho nitro benzene ring substituents is 1. The number of ether oxygens (including phenoxy) is 5. The lowest BCUT2D eigenvalue weighted by Gasteiger charge is -2.23. The first-order valence-electron chi connectivity index (χ1n) is 14.4. The molecule has 0 N–H and O–H groups in total. The maximum absolute atomic E-state index is 14.0. The molecule has 0 amide bonds. The van der Waals surface area contributed by atoms with Gasteiger partial charge in [0.2, 0.25) is 0 Å². The molecular weight excluding hydrogens is 694 g/mol. The topological polar surface area (TPSA) is 141 Å². The Kier molecular flexibility index (Phi) is 10.4. The molecule has 0 unspecified atom stereocenters. The molecule has 2 heterocycles. The third-order valence-electron chi connectivity index (χ3n) is 7.06. The van der Waals surface area contributed by atoms with Gasteiger partial charge in [-0.2, -0.15) is 0 Å². The van der Waals surface area contributed by atoms with Gasteiger partial charge in [0.25, 0.3) is 11.2 Å². The summed E-state index contributed by atoms with van der Waals surface area (Å²) in [5.41, 5.74) is 1.65. The van der Waals surface area contributed by atoms with E-state index in [1.807, 2.05) is 13.8 Å². The number of rotatable bonds is 12. The van der Waals surface area contributed by atoms with Crippen LogP contribution in [-0.4, -0.2) is 42.9 Å². The van der Waals surface area contributed by atoms with Crippen LogP contribution >= 0.6 is 27.3 Å². The van der Waals surface area contributed by atoms with Crippen molar-refractivity contribution in [1.82, 2.24) is 4.57 Å². The van der Waals surface area contributed by atoms with E-state index in [0.717, 1.165) is 0 Å². The molecule has 0 saturated heterocycles. The van der Waals surface area contributed by atoms with Crippen LogP contribution in [0, 0.1) is 10.1 Å². The van der Waals surface area contributed by atoms with Crippen LogP contribution in [0.25, 0.3) is 6.08 Å². The fourth-order valence-electron chi connectivity index (χ4n) is 5.02. The summed E-state index contributed by atoms with van der Waals surface area (Å²) in [5, 5.41) is 11.2. The van der Waals surface area contributed by atoms with E-state index in [0.29, 0.717) is 66.7 Å². The highest BCUT2D eigenvalue weighted by molar-refractivity contribution is 9.10. The number of fused-ring (bicyclic) bond motifs is 1. The van der Waals surface area contributed by atoms with Gasteiger partial charge >= 0.3 is 5.97 Å². The number of hydrogen-bond acceptors (Lipinski definition) is 11. The molecule has 1 atom stereocenters. The largest absolute Gasteiger partial charge is 0.493 e. The fourth-order valence-corrected chi connectivity index (χ4v) is 6.56. The molecule has 1 aliphatic heterocycles. The summed E-state index contributed by atoms with van der Waals surface area (Å²) in [6.45, 7) is 4.62. The summed E-state index contributed by atoms with van der Waals surface area (Å²) in [6, 6.07) is 14.1. The van der Waals surface area contributed by atoms with Crippen LogP contribution in [0.1, 0.15) is 36.6 Å². The Balaban J connectivity index is 1.54. The van der Waals surface area contributed by atoms with Crippen LogP contribution in [0.2, 0.25) is 0 Å². The number of nitro groups is 1. The van der Waals surface area contributed by atoms with Crippen molar-refractivity contribution in [2.45, 2.75) is 26.5 Å². The summed E-state index contributed by atoms with van der Waals surface area (Å²) < 4.78 is 30.5. The average Bonchev–Trinajstić information content (AvgIpc) is 3.38. The number of thiazole rings is 1. The minimum Gasteiger partial charge on any atom is -0.493 e. The van der Waals surface area contributed by atoms with Crippen molar-refractivity contribution in [3.05, 3.63) is 117 Å². The van der Waals surface area contributed by atoms with E-state index < -0.39 is 16.9 Å². The Morgan fingerprint density at radius 2 is 1.81 bits per heavy atom. The number of carbonyl (C=O) groups is 1. The van der Waals surface area contributed by atoms with E-state index >= 15 is 0 Å². The van der Waals surface area contributed by atoms with Gasteiger partial charge in [-0.3, -0.25) is 19.5 Å². The molecule has 0 bridgehead atoms. The van der Waals surface area contributed by atoms with Gasteiger partial charge in [-0.05, 0) is 76.8 Å². The number of esters is 1. The Morgan fingerprint density at radius 1 is 1.04 bits per heavy atom. The van der Waals surface area contributed by atoms with Crippen LogP contribution in [0.4, 0.5) is 5.69 Å². The Labute approximate surface area is 281 Å². The van der Waals surface area contributed by atoms with E-state index in [1.165, 1.54) is 48.5 Å². The number of nitro benzene ring substituents is 1. The first kappa shape index (κ1) is 33.4. The molecule has 4 aromatic rings. The van der Waals surface area contributed by atoms with E-state index in [9.17, 15) is 19.7 Å². The van der Waals surface area contributed by atoms with Gasteiger partial charge in [-0.25, -0.2) is 9.79 Å². The van der Waals surface area contributed by atoms with Crippen LogP contribution < -0.4 is 33.8 Å². The Hall–Kier alpha value is -4.95. The van der Waals surface area contributed by atoms with Crippen molar-refractivity contribution in [2.75, 3.05) is 27.4 Å². The SMILES string of the molecule is CCOc1ccc([C@H]2C(C(=O)OC)=CN=c3s/c(=C\c4cc(Br)c(OCc5cccc([N+](=O)[O-])c5)c(OC)c4)c(=O)n32)cc1OCC. The molecule has 0 radical (unpaired) electrons. The standard InChI is InChI=1S/C33H30BrN3O9S/c1-5-44-25-11-10-21(16-26(25)45-6-2)29-23(32(39)43-4)17-35-33-36(29)31(38)28(47-33)15-20-13-24(34)30(27(14-20)42-3)46-18-19-8-7-9-22(12-19)37(40)41/h7-17,29H,5-6,18H2,1-4H3/b28-15-/t29-/m0/s1. The van der Waals surface area contributed by atoms with Gasteiger partial charge in [0.15, 0.2) is 27.8 Å². The van der Waals surface area contributed by atoms with Gasteiger partial charge in [0.1, 0.15) is 6.61 Å². The van der Waals surface area contributed by atoms with Crippen LogP contribution in [0.5, 0.6) is 23.0 Å². The summed E-state index contributed by atoms with van der Waals surface area (Å²) in [4.78, 5) is 42.4. The van der Waals surface area contributed by atoms with Crippen molar-refractivity contribution in [3.63, 3.8) is 0 Å². The number of aromatic nitrogens is 1. The highest BCUT2D eigenvalue weighted by Crippen LogP contribution is 2.38. The molecule has 47 heavy (non-hydrogen) atoms. The lowest BCUT2D eigenvalue weighted by atomic mass is 9.97. The zero-order valence-corrected chi connectivity index (χ0v) is 28.3. The zero-order chi connectivity index (χ0) is 33.7. The Bertz CT molecular complexity index is 2050. The Morgan fingerprint density at radius 3 is 2.51 bits per heavy atom. The summed E-state index contributed by atoms with van der Waals surface area (Å²) in [5.74, 6) is 1.19. The van der Waals surface area contributed by atoms with E-state index in [1.54, 1.807) is 48.5 Å². The number of hydrogen-bond donors (Lipinski definition) is 0. The first-order chi connectivity index (χ1) is 22.7. The number of benzene rings is 3. The van der Waals surface area contributed by atoms with Gasteiger partial charge in [-0.1, -0.05) is 29.5 Å². The highest BCUT2D eigenvalue weighted by atomic mass is 79.9. The van der Waals surface area contributed by atoms with Crippen LogP contribution in [0.15, 0.2) is 80.6 Å². The summed E-state index contributed by atoms with van der Waals surface area (Å²) in [6.07, 6.45) is 3.12. The van der Waals surface area contributed by atoms with E-state index in [2.05, 4.69) is 20.9 Å². The third kappa shape index (κ3) is 7.08. The zero-order valence-electron chi connectivity index (χ0n) is 25.9. The average molecular weight is 725 g/mol. The van der Waals surface area contributed by atoms with Crippen molar-refractivity contribution in [2.24, 2.45) is 4.99 Å². The molecule has 1 aliphatic rings. The van der Waals surface area contributed by atoms with Crippen molar-refractivity contribution in [1.29, 1.82) is 0 Å². The maximum Gasteiger partial charge on any atom is 0.337 e. The normalized spacial score (nSPS) is 14.0. The molecule has 0 spiro atoms. The summed E-state index contributed by atoms with van der Waals surface area (Å²) >= 11 is 4.70. The van der Waals surface area contributed by atoms with Gasteiger partial charge in [-0.15, -0.1) is 0 Å². The first-order valence-corrected chi connectivity index (χ1v) is 16.0. The minimum absolute atomic E-state index is 0.0350. The van der Waals surface area contributed by atoms with Gasteiger partial charge < -0.3 is 23.7 Å². The maximum atomic E-state index is 14.0. The second-order valence-corrected chi connectivity index (χ2v) is 11.9. The van der Waals surface area contributed by atoms with Crippen molar-refractivity contribution in [3.8, 4) is 23.0 Å². The number of methoxy groups -OCH3 is 2.